The molecule has 2 aromatic heterocycles. The summed E-state index contributed by atoms with van der Waals surface area (Å²) in [5.41, 5.74) is 5.48. The number of carbonyl (C=O) groups is 2. The Labute approximate surface area is 232 Å². The van der Waals surface area contributed by atoms with E-state index in [-0.39, 0.29) is 24.4 Å². The minimum Gasteiger partial charge on any atom is -0.481 e. The van der Waals surface area contributed by atoms with Crippen molar-refractivity contribution >= 4 is 34.9 Å². The molecule has 1 aliphatic heterocycles. The van der Waals surface area contributed by atoms with E-state index in [9.17, 15) is 14.7 Å². The number of ether oxygens (including phenoxy) is 2. The van der Waals surface area contributed by atoms with Gasteiger partial charge in [-0.25, -0.2) is 9.37 Å². The van der Waals surface area contributed by atoms with Crippen molar-refractivity contribution in [3.8, 4) is 0 Å². The number of nitrogens with zero attached hydrogens (tertiary/aromatic N) is 4. The highest BCUT2D eigenvalue weighted by atomic mass is 19.1. The van der Waals surface area contributed by atoms with Gasteiger partial charge in [0.05, 0.1) is 12.7 Å². The minimum absolute atomic E-state index is 0.0344. The van der Waals surface area contributed by atoms with Crippen LogP contribution in [0.4, 0.5) is 16.2 Å². The number of hydrogen-bond acceptors (Lipinski definition) is 9. The number of nitrogens with one attached hydrogen (secondary N) is 1. The predicted molar refractivity (Wildman–Crippen MR) is 147 cm³/mol. The number of rotatable bonds is 7. The molecule has 3 aromatic rings. The number of carboxylic acid groups (broad SMARTS) is 1. The van der Waals surface area contributed by atoms with Crippen LogP contribution in [0.15, 0.2) is 30.6 Å². The van der Waals surface area contributed by atoms with Crippen LogP contribution in [0.3, 0.4) is 0 Å². The highest BCUT2D eigenvalue weighted by molar-refractivity contribution is 5.84. The number of aromatic nitrogens is 4. The monoisotopic (exact) mass is 556 g/mol. The first kappa shape index (κ1) is 29.2. The number of carboxylic acids is 1. The lowest BCUT2D eigenvalue weighted by molar-refractivity contribution is -0.154. The van der Waals surface area contributed by atoms with Crippen LogP contribution in [-0.2, 0) is 31.9 Å². The third kappa shape index (κ3) is 6.49. The minimum atomic E-state index is -2.18. The average Bonchev–Trinajstić information content (AvgIpc) is 3.43. The number of aliphatic carboxylic acids is 1. The van der Waals surface area contributed by atoms with Gasteiger partial charge in [0.2, 0.25) is 5.95 Å². The molecule has 11 nitrogen and oxygen atoms in total. The van der Waals surface area contributed by atoms with Crippen molar-refractivity contribution in [2.75, 3.05) is 18.1 Å². The largest absolute Gasteiger partial charge is 0.481 e. The Hall–Kier alpha value is -3.80. The zero-order valence-corrected chi connectivity index (χ0v) is 23.1. The number of esters is 1. The summed E-state index contributed by atoms with van der Waals surface area (Å²) in [4.78, 5) is 35.7. The van der Waals surface area contributed by atoms with Crippen LogP contribution in [-0.4, -0.2) is 61.5 Å². The van der Waals surface area contributed by atoms with Crippen molar-refractivity contribution in [3.63, 3.8) is 0 Å². The second-order valence-corrected chi connectivity index (χ2v) is 10.4. The highest BCUT2D eigenvalue weighted by Crippen LogP contribution is 2.45. The molecule has 0 spiro atoms. The van der Waals surface area contributed by atoms with Crippen molar-refractivity contribution in [2.45, 2.75) is 89.3 Å². The number of carbonyl (C=O) groups excluding carboxylic acids is 1. The van der Waals surface area contributed by atoms with Gasteiger partial charge in [0.15, 0.2) is 35.0 Å². The summed E-state index contributed by atoms with van der Waals surface area (Å²) >= 11 is 0. The number of anilines is 2. The van der Waals surface area contributed by atoms with E-state index >= 15 is 4.39 Å². The Balaban J connectivity index is 0.000000546. The lowest BCUT2D eigenvalue weighted by atomic mass is 9.92. The van der Waals surface area contributed by atoms with Gasteiger partial charge in [-0.3, -0.25) is 14.2 Å². The molecule has 1 aliphatic carbocycles. The van der Waals surface area contributed by atoms with Crippen LogP contribution >= 0.6 is 0 Å². The molecule has 40 heavy (non-hydrogen) atoms. The zero-order valence-electron chi connectivity index (χ0n) is 23.1. The lowest BCUT2D eigenvalue weighted by Crippen LogP contribution is -2.43. The van der Waals surface area contributed by atoms with Crippen LogP contribution in [0.5, 0.6) is 0 Å². The molecule has 0 amide bonds. The number of benzene rings is 1. The van der Waals surface area contributed by atoms with Crippen molar-refractivity contribution in [3.05, 3.63) is 41.7 Å². The molecule has 1 saturated heterocycles. The van der Waals surface area contributed by atoms with Crippen molar-refractivity contribution < 1.29 is 28.6 Å². The standard InChI is InChI=1S/C22H25FN6O5.C6H12/c1-11(30)33-17-14(8-12-6-4-5-7-13(12)9-15(31)32)34-20(22(17,2)23)29-10-26-16-18(25-3)27-21(24)28-19(16)29;1-2-4-6-5-3-1/h4-7,10,14,17,20H,8-9H2,1-3H3,(H,31,32)(H3,24,25,27,28);1-6H2/t14-,17-,20-,22-;/m1./s1. The second kappa shape index (κ2) is 12.6. The first-order valence-electron chi connectivity index (χ1n) is 13.6. The third-order valence-electron chi connectivity index (χ3n) is 7.28. The predicted octanol–water partition coefficient (Wildman–Crippen LogP) is 4.22. The SMILES string of the molecule is C1CCCCC1.CNc1nc(N)nc2c1ncn2[C@@H]1O[C@H](Cc2ccccc2CC(=O)O)[C@@H](OC(C)=O)[C@@]1(C)F. The molecule has 3 heterocycles. The van der Waals surface area contributed by atoms with Crippen LogP contribution in [0.25, 0.3) is 11.2 Å². The summed E-state index contributed by atoms with van der Waals surface area (Å²) in [5, 5.41) is 12.1. The molecule has 4 atom stereocenters. The third-order valence-corrected chi connectivity index (χ3v) is 7.28. The fourth-order valence-electron chi connectivity index (χ4n) is 5.39. The maximum Gasteiger partial charge on any atom is 0.307 e. The van der Waals surface area contributed by atoms with E-state index in [2.05, 4.69) is 20.3 Å². The van der Waals surface area contributed by atoms with Crippen molar-refractivity contribution in [1.82, 2.24) is 19.5 Å². The average molecular weight is 557 g/mol. The van der Waals surface area contributed by atoms with Gasteiger partial charge in [-0.05, 0) is 18.1 Å². The number of nitrogen functional groups attached to an aromatic ring is 1. The first-order valence-corrected chi connectivity index (χ1v) is 13.6. The second-order valence-electron chi connectivity index (χ2n) is 10.4. The number of nitrogens with two attached hydrogens (primary N) is 1. The van der Waals surface area contributed by atoms with Crippen LogP contribution < -0.4 is 11.1 Å². The summed E-state index contributed by atoms with van der Waals surface area (Å²) < 4.78 is 29.2. The van der Waals surface area contributed by atoms with Gasteiger partial charge in [0.1, 0.15) is 6.10 Å². The summed E-state index contributed by atoms with van der Waals surface area (Å²) in [7, 11) is 1.65. The lowest BCUT2D eigenvalue weighted by Gasteiger charge is -2.27. The molecule has 1 saturated carbocycles. The Morgan fingerprint density at radius 3 is 2.38 bits per heavy atom. The van der Waals surface area contributed by atoms with Gasteiger partial charge in [-0.1, -0.05) is 62.8 Å². The molecule has 2 fully saturated rings. The van der Waals surface area contributed by atoms with Crippen LogP contribution in [0.2, 0.25) is 0 Å². The molecule has 4 N–H and O–H groups in total. The fraction of sp³-hybridized carbons (Fsp3) is 0.536. The highest BCUT2D eigenvalue weighted by Gasteiger charge is 2.58. The molecule has 0 bridgehead atoms. The maximum absolute atomic E-state index is 16.3. The van der Waals surface area contributed by atoms with Crippen LogP contribution in [0, 0.1) is 0 Å². The maximum atomic E-state index is 16.3. The zero-order chi connectivity index (χ0) is 28.9. The molecule has 216 valence electrons. The van der Waals surface area contributed by atoms with Gasteiger partial charge in [-0.15, -0.1) is 0 Å². The van der Waals surface area contributed by atoms with E-state index in [0.29, 0.717) is 22.5 Å². The molecular weight excluding hydrogens is 519 g/mol. The Kier molecular flexibility index (Phi) is 9.18. The van der Waals surface area contributed by atoms with E-state index in [0.717, 1.165) is 0 Å². The fourth-order valence-corrected chi connectivity index (χ4v) is 5.39. The Morgan fingerprint density at radius 2 is 1.80 bits per heavy atom. The molecule has 0 radical (unpaired) electrons. The summed E-state index contributed by atoms with van der Waals surface area (Å²) in [6.45, 7) is 2.47. The van der Waals surface area contributed by atoms with E-state index in [1.165, 1.54) is 63.3 Å². The number of alkyl halides is 1. The Morgan fingerprint density at radius 1 is 1.18 bits per heavy atom. The molecule has 12 heteroatoms. The van der Waals surface area contributed by atoms with Gasteiger partial charge < -0.3 is 25.6 Å². The Bertz CT molecular complexity index is 1330. The first-order chi connectivity index (χ1) is 19.1. The van der Waals surface area contributed by atoms with E-state index < -0.39 is 36.0 Å². The topological polar surface area (TPSA) is 154 Å². The van der Waals surface area contributed by atoms with Gasteiger partial charge in [0.25, 0.3) is 0 Å². The number of imidazole rings is 1. The number of hydrogen-bond donors (Lipinski definition) is 3. The smallest absolute Gasteiger partial charge is 0.307 e. The molecule has 5 rings (SSSR count). The molecule has 1 aromatic carbocycles. The van der Waals surface area contributed by atoms with Crippen molar-refractivity contribution in [2.24, 2.45) is 0 Å². The van der Waals surface area contributed by atoms with Gasteiger partial charge in [0, 0.05) is 20.4 Å². The molecule has 0 unspecified atom stereocenters. The summed E-state index contributed by atoms with van der Waals surface area (Å²) in [5.74, 6) is -1.32. The summed E-state index contributed by atoms with van der Waals surface area (Å²) in [6, 6.07) is 6.91. The van der Waals surface area contributed by atoms with Gasteiger partial charge >= 0.3 is 11.9 Å². The van der Waals surface area contributed by atoms with E-state index in [1.807, 2.05) is 0 Å². The molecular formula is C28H37FN6O5. The van der Waals surface area contributed by atoms with Crippen molar-refractivity contribution in [1.29, 1.82) is 0 Å². The molecule has 2 aliphatic rings. The van der Waals surface area contributed by atoms with E-state index in [4.69, 9.17) is 15.2 Å². The quantitative estimate of drug-likeness (QED) is 0.360. The summed E-state index contributed by atoms with van der Waals surface area (Å²) in [6.07, 6.45) is 6.87. The van der Waals surface area contributed by atoms with E-state index in [1.54, 1.807) is 31.3 Å². The number of fused-ring (bicyclic) bond motifs is 1. The van der Waals surface area contributed by atoms with Gasteiger partial charge in [-0.2, -0.15) is 9.97 Å². The number of halogens is 1. The normalized spacial score (nSPS) is 24.2. The van der Waals surface area contributed by atoms with Crippen LogP contribution in [0.1, 0.15) is 69.7 Å².